The molecule has 158 valence electrons. The SMILES string of the molecule is C=CCC(C)[O-].C=CCC(C)[O-].C=CCC(C)[O-].CC(C)(C)C1=[C]([Zr+3])CC=C1. The van der Waals surface area contributed by atoms with Crippen molar-refractivity contribution in [2.45, 2.75) is 85.5 Å². The molecule has 0 fully saturated rings. The monoisotopic (exact) mass is 466 g/mol. The predicted octanol–water partition coefficient (Wildman–Crippen LogP) is 3.73. The molecular formula is C24H40O3Zr. The van der Waals surface area contributed by atoms with E-state index < -0.39 is 18.3 Å². The molecular weight excluding hydrogens is 427 g/mol. The van der Waals surface area contributed by atoms with E-state index >= 15 is 0 Å². The molecule has 0 saturated carbocycles. The van der Waals surface area contributed by atoms with Gasteiger partial charge in [-0.2, -0.15) is 0 Å². The van der Waals surface area contributed by atoms with Gasteiger partial charge in [-0.3, -0.25) is 0 Å². The summed E-state index contributed by atoms with van der Waals surface area (Å²) >= 11 is 1.58. The Bertz CT molecular complexity index is 433. The quantitative estimate of drug-likeness (QED) is 0.559. The van der Waals surface area contributed by atoms with Gasteiger partial charge in [-0.05, 0) is 19.3 Å². The van der Waals surface area contributed by atoms with Gasteiger partial charge in [0.05, 0.1) is 0 Å². The zero-order valence-electron chi connectivity index (χ0n) is 18.8. The van der Waals surface area contributed by atoms with Gasteiger partial charge in [0, 0.05) is 0 Å². The van der Waals surface area contributed by atoms with E-state index in [9.17, 15) is 15.3 Å². The van der Waals surface area contributed by atoms with Crippen molar-refractivity contribution in [3.63, 3.8) is 0 Å². The van der Waals surface area contributed by atoms with E-state index in [1.807, 2.05) is 0 Å². The van der Waals surface area contributed by atoms with Crippen molar-refractivity contribution in [1.82, 2.24) is 0 Å². The Hall–Kier alpha value is -0.537. The molecule has 0 aromatic heterocycles. The third kappa shape index (κ3) is 25.5. The van der Waals surface area contributed by atoms with E-state index in [1.54, 1.807) is 72.6 Å². The first-order chi connectivity index (χ1) is 12.8. The number of hydrogen-bond acceptors (Lipinski definition) is 3. The Labute approximate surface area is 189 Å². The first kappa shape index (κ1) is 32.1. The first-order valence-corrected chi connectivity index (χ1v) is 11.0. The molecule has 1 aliphatic carbocycles. The minimum absolute atomic E-state index is 0.367. The zero-order valence-corrected chi connectivity index (χ0v) is 21.3. The molecule has 3 atom stereocenters. The van der Waals surface area contributed by atoms with Crippen molar-refractivity contribution in [1.29, 1.82) is 0 Å². The van der Waals surface area contributed by atoms with Gasteiger partial charge in [-0.1, -0.05) is 39.0 Å². The van der Waals surface area contributed by atoms with Crippen LogP contribution in [0.5, 0.6) is 0 Å². The summed E-state index contributed by atoms with van der Waals surface area (Å²) in [5.41, 5.74) is 1.93. The number of allylic oxidation sites excluding steroid dienone is 4. The van der Waals surface area contributed by atoms with Crippen molar-refractivity contribution < 1.29 is 40.0 Å². The van der Waals surface area contributed by atoms with Gasteiger partial charge >= 0.3 is 78.3 Å². The summed E-state index contributed by atoms with van der Waals surface area (Å²) in [6.45, 7) is 21.9. The fourth-order valence-electron chi connectivity index (χ4n) is 1.91. The van der Waals surface area contributed by atoms with Crippen LogP contribution in [0, 0.1) is 5.41 Å². The van der Waals surface area contributed by atoms with Gasteiger partial charge in [-0.25, -0.2) is 0 Å². The Morgan fingerprint density at radius 1 is 0.893 bits per heavy atom. The normalized spacial score (nSPS) is 15.5. The minimum atomic E-state index is -0.470. The van der Waals surface area contributed by atoms with Crippen LogP contribution in [-0.4, -0.2) is 18.3 Å². The fourth-order valence-corrected chi connectivity index (χ4v) is 3.33. The Morgan fingerprint density at radius 3 is 1.29 bits per heavy atom. The second kappa shape index (κ2) is 19.8. The van der Waals surface area contributed by atoms with Gasteiger partial charge in [0.2, 0.25) is 0 Å². The van der Waals surface area contributed by atoms with Crippen LogP contribution in [0.15, 0.2) is 59.0 Å². The molecule has 0 bridgehead atoms. The van der Waals surface area contributed by atoms with Crippen LogP contribution < -0.4 is 15.3 Å². The maximum absolute atomic E-state index is 10.1. The van der Waals surface area contributed by atoms with Gasteiger partial charge in [-0.15, -0.1) is 38.0 Å². The first-order valence-electron chi connectivity index (χ1n) is 9.75. The van der Waals surface area contributed by atoms with E-state index in [1.165, 1.54) is 6.42 Å². The number of rotatable bonds is 6. The summed E-state index contributed by atoms with van der Waals surface area (Å²) in [5, 5.41) is 30.2. The molecule has 0 radical (unpaired) electrons. The van der Waals surface area contributed by atoms with Crippen LogP contribution in [0.4, 0.5) is 0 Å². The van der Waals surface area contributed by atoms with Crippen LogP contribution >= 0.6 is 0 Å². The third-order valence-corrected chi connectivity index (χ3v) is 4.40. The summed E-state index contributed by atoms with van der Waals surface area (Å²) in [6, 6.07) is 0. The maximum atomic E-state index is 10.1. The van der Waals surface area contributed by atoms with Crippen molar-refractivity contribution in [3.05, 3.63) is 59.0 Å². The average Bonchev–Trinajstić information content (AvgIpc) is 2.95. The molecule has 28 heavy (non-hydrogen) atoms. The van der Waals surface area contributed by atoms with Crippen molar-refractivity contribution in [2.75, 3.05) is 0 Å². The Morgan fingerprint density at radius 2 is 1.21 bits per heavy atom. The van der Waals surface area contributed by atoms with E-state index in [2.05, 4.69) is 52.7 Å². The molecule has 0 aromatic carbocycles. The summed E-state index contributed by atoms with van der Waals surface area (Å²) in [6.07, 6.45) is 11.0. The zero-order chi connectivity index (χ0) is 22.8. The van der Waals surface area contributed by atoms with Crippen molar-refractivity contribution in [3.8, 4) is 0 Å². The molecule has 4 heteroatoms. The van der Waals surface area contributed by atoms with Crippen molar-refractivity contribution in [2.24, 2.45) is 5.41 Å². The molecule has 0 aliphatic heterocycles. The van der Waals surface area contributed by atoms with Crippen LogP contribution in [0.1, 0.15) is 67.2 Å². The topological polar surface area (TPSA) is 69.2 Å². The molecule has 0 aromatic rings. The van der Waals surface area contributed by atoms with E-state index in [4.69, 9.17) is 0 Å². The molecule has 1 aliphatic rings. The van der Waals surface area contributed by atoms with Gasteiger partial charge in [0.1, 0.15) is 0 Å². The second-order valence-electron chi connectivity index (χ2n) is 7.75. The standard InChI is InChI=1S/C9H13.3C5H9O.Zr/c1-9(2,3)8-6-4-5-7-8;3*1-3-4-5(2)6;/h4,6H,5H2,1-3H3;3*3,5H,1,4H2,2H3;/q;3*-1;+3. The third-order valence-electron chi connectivity index (χ3n) is 3.24. The van der Waals surface area contributed by atoms with Crippen LogP contribution in [0.25, 0.3) is 0 Å². The molecule has 0 spiro atoms. The van der Waals surface area contributed by atoms with Crippen molar-refractivity contribution >= 4 is 0 Å². The summed E-state index contributed by atoms with van der Waals surface area (Å²) in [4.78, 5) is 0. The molecule has 0 amide bonds. The predicted molar refractivity (Wildman–Crippen MR) is 113 cm³/mol. The van der Waals surface area contributed by atoms with E-state index in [0.717, 1.165) is 0 Å². The molecule has 3 nitrogen and oxygen atoms in total. The van der Waals surface area contributed by atoms with Crippen LogP contribution in [0.2, 0.25) is 0 Å². The average molecular weight is 468 g/mol. The molecule has 1 rings (SSSR count). The van der Waals surface area contributed by atoms with E-state index in [-0.39, 0.29) is 0 Å². The second-order valence-corrected chi connectivity index (χ2v) is 9.24. The fraction of sp³-hybridized carbons (Fsp3) is 0.583. The van der Waals surface area contributed by atoms with E-state index in [0.29, 0.717) is 24.7 Å². The number of hydrogen-bond donors (Lipinski definition) is 0. The summed E-state index contributed by atoms with van der Waals surface area (Å²) in [7, 11) is 0. The van der Waals surface area contributed by atoms with Gasteiger partial charge < -0.3 is 15.3 Å². The molecule has 0 saturated heterocycles. The Kier molecular flexibility index (Phi) is 22.7. The Balaban J connectivity index is -0.000000309. The molecule has 0 N–H and O–H groups in total. The summed E-state index contributed by atoms with van der Waals surface area (Å²) in [5.74, 6) is 0. The van der Waals surface area contributed by atoms with Gasteiger partial charge in [0.25, 0.3) is 0 Å². The molecule has 3 unspecified atom stereocenters. The van der Waals surface area contributed by atoms with Crippen LogP contribution in [-0.2, 0) is 24.7 Å². The molecule has 0 heterocycles. The van der Waals surface area contributed by atoms with Gasteiger partial charge in [0.15, 0.2) is 0 Å². The van der Waals surface area contributed by atoms with Crippen LogP contribution in [0.3, 0.4) is 0 Å². The summed E-state index contributed by atoms with van der Waals surface area (Å²) < 4.78 is 1.62.